The van der Waals surface area contributed by atoms with Crippen molar-refractivity contribution in [1.82, 2.24) is 14.9 Å². The van der Waals surface area contributed by atoms with E-state index in [9.17, 15) is 9.18 Å². The molecule has 0 aliphatic carbocycles. The molecule has 0 bridgehead atoms. The van der Waals surface area contributed by atoms with Gasteiger partial charge >= 0.3 is 0 Å². The van der Waals surface area contributed by atoms with Crippen LogP contribution in [0.5, 0.6) is 0 Å². The fourth-order valence-electron chi connectivity index (χ4n) is 2.81. The van der Waals surface area contributed by atoms with Gasteiger partial charge in [-0.25, -0.2) is 9.37 Å². The number of hydrogen-bond donors (Lipinski definition) is 1. The summed E-state index contributed by atoms with van der Waals surface area (Å²) in [5.74, 6) is -0.488. The third kappa shape index (κ3) is 3.79. The van der Waals surface area contributed by atoms with Crippen LogP contribution in [0.4, 0.5) is 4.39 Å². The first kappa shape index (κ1) is 17.4. The van der Waals surface area contributed by atoms with Crippen LogP contribution in [0, 0.1) is 19.7 Å². The fraction of sp³-hybridized carbons (Fsp3) is 0.263. The van der Waals surface area contributed by atoms with Gasteiger partial charge in [0.2, 0.25) is 5.91 Å². The third-order valence-corrected chi connectivity index (χ3v) is 4.97. The Morgan fingerprint density at radius 3 is 2.60 bits per heavy atom. The Hall–Kier alpha value is -2.47. The Balaban J connectivity index is 1.67. The van der Waals surface area contributed by atoms with Crippen LogP contribution >= 0.6 is 11.3 Å². The highest BCUT2D eigenvalue weighted by Crippen LogP contribution is 2.21. The van der Waals surface area contributed by atoms with Crippen molar-refractivity contribution in [2.45, 2.75) is 33.2 Å². The zero-order valence-corrected chi connectivity index (χ0v) is 15.2. The molecule has 130 valence electrons. The monoisotopic (exact) mass is 357 g/mol. The van der Waals surface area contributed by atoms with Crippen molar-refractivity contribution in [2.24, 2.45) is 0 Å². The lowest BCUT2D eigenvalue weighted by Crippen LogP contribution is -2.28. The van der Waals surface area contributed by atoms with Gasteiger partial charge in [-0.1, -0.05) is 18.2 Å². The Labute approximate surface area is 150 Å². The van der Waals surface area contributed by atoms with Gasteiger partial charge < -0.3 is 5.32 Å². The van der Waals surface area contributed by atoms with E-state index in [1.54, 1.807) is 25.1 Å². The summed E-state index contributed by atoms with van der Waals surface area (Å²) in [6.07, 6.45) is 0.175. The van der Waals surface area contributed by atoms with Crippen LogP contribution in [-0.2, 0) is 11.2 Å². The lowest BCUT2D eigenvalue weighted by atomic mass is 10.1. The van der Waals surface area contributed by atoms with Gasteiger partial charge in [-0.15, -0.1) is 11.3 Å². The Kier molecular flexibility index (Phi) is 4.99. The van der Waals surface area contributed by atoms with Gasteiger partial charge in [0.1, 0.15) is 5.82 Å². The van der Waals surface area contributed by atoms with E-state index in [2.05, 4.69) is 14.9 Å². The summed E-state index contributed by atoms with van der Waals surface area (Å²) >= 11 is 1.51. The summed E-state index contributed by atoms with van der Waals surface area (Å²) in [5, 5.41) is 5.57. The van der Waals surface area contributed by atoms with E-state index in [1.165, 1.54) is 17.4 Å². The molecular formula is C19H20FN3OS. The number of benzene rings is 1. The van der Waals surface area contributed by atoms with Crippen molar-refractivity contribution >= 4 is 17.2 Å². The number of rotatable bonds is 5. The summed E-state index contributed by atoms with van der Waals surface area (Å²) in [7, 11) is 0. The van der Waals surface area contributed by atoms with E-state index in [0.717, 1.165) is 16.5 Å². The van der Waals surface area contributed by atoms with Gasteiger partial charge in [0.05, 0.1) is 18.2 Å². The van der Waals surface area contributed by atoms with Crippen LogP contribution in [0.2, 0.25) is 0 Å². The first-order valence-electron chi connectivity index (χ1n) is 8.09. The Morgan fingerprint density at radius 1 is 1.24 bits per heavy atom. The maximum absolute atomic E-state index is 13.8. The highest BCUT2D eigenvalue weighted by atomic mass is 32.1. The maximum Gasteiger partial charge on any atom is 0.226 e. The van der Waals surface area contributed by atoms with Crippen LogP contribution in [0.25, 0.3) is 5.13 Å². The molecule has 2 heterocycles. The van der Waals surface area contributed by atoms with E-state index >= 15 is 0 Å². The van der Waals surface area contributed by atoms with Crippen molar-refractivity contribution in [3.63, 3.8) is 0 Å². The second kappa shape index (κ2) is 7.19. The minimum Gasteiger partial charge on any atom is -0.349 e. The van der Waals surface area contributed by atoms with Crippen LogP contribution in [0.1, 0.15) is 35.6 Å². The number of aromatic nitrogens is 2. The molecular weight excluding hydrogens is 337 g/mol. The molecule has 3 rings (SSSR count). The predicted octanol–water partition coefficient (Wildman–Crippen LogP) is 4.11. The van der Waals surface area contributed by atoms with Gasteiger partial charge in [-0.2, -0.15) is 0 Å². The van der Waals surface area contributed by atoms with Gasteiger partial charge in [0, 0.05) is 22.3 Å². The molecule has 4 nitrogen and oxygen atoms in total. The van der Waals surface area contributed by atoms with Gasteiger partial charge in [-0.3, -0.25) is 9.36 Å². The third-order valence-electron chi connectivity index (χ3n) is 4.09. The van der Waals surface area contributed by atoms with Crippen LogP contribution < -0.4 is 5.32 Å². The molecule has 1 N–H and O–H groups in total. The molecule has 0 aliphatic heterocycles. The van der Waals surface area contributed by atoms with Crippen molar-refractivity contribution < 1.29 is 9.18 Å². The van der Waals surface area contributed by atoms with E-state index in [-0.39, 0.29) is 24.2 Å². The summed E-state index contributed by atoms with van der Waals surface area (Å²) in [4.78, 5) is 16.8. The standard InChI is InChI=1S/C19H20FN3OS/c1-12-8-9-13(2)23(12)19-22-15(11-25-19)10-18(24)21-14(3)16-6-4-5-7-17(16)20/h4-9,11,14H,10H2,1-3H3,(H,21,24). The van der Waals surface area contributed by atoms with Crippen LogP contribution in [0.3, 0.4) is 0 Å². The van der Waals surface area contributed by atoms with Crippen LogP contribution in [-0.4, -0.2) is 15.5 Å². The zero-order valence-electron chi connectivity index (χ0n) is 14.4. The smallest absolute Gasteiger partial charge is 0.226 e. The SMILES string of the molecule is Cc1ccc(C)n1-c1nc(CC(=O)NC(C)c2ccccc2F)cs1. The van der Waals surface area contributed by atoms with E-state index in [1.807, 2.05) is 31.4 Å². The minimum atomic E-state index is -0.388. The largest absolute Gasteiger partial charge is 0.349 e. The molecule has 0 saturated carbocycles. The number of nitrogens with one attached hydrogen (secondary N) is 1. The fourth-order valence-corrected chi connectivity index (χ4v) is 3.75. The van der Waals surface area contributed by atoms with Crippen molar-refractivity contribution in [3.8, 4) is 5.13 Å². The van der Waals surface area contributed by atoms with E-state index in [4.69, 9.17) is 0 Å². The van der Waals surface area contributed by atoms with Crippen molar-refractivity contribution in [2.75, 3.05) is 0 Å². The maximum atomic E-state index is 13.8. The molecule has 1 unspecified atom stereocenters. The average Bonchev–Trinajstić information content (AvgIpc) is 3.13. The van der Waals surface area contributed by atoms with Gasteiger partial charge in [0.25, 0.3) is 0 Å². The number of halogens is 1. The zero-order chi connectivity index (χ0) is 18.0. The molecule has 1 aromatic carbocycles. The lowest BCUT2D eigenvalue weighted by molar-refractivity contribution is -0.121. The highest BCUT2D eigenvalue weighted by Gasteiger charge is 2.15. The summed E-state index contributed by atoms with van der Waals surface area (Å²) in [6, 6.07) is 10.2. The number of aryl methyl sites for hydroxylation is 2. The number of carbonyl (C=O) groups is 1. The van der Waals surface area contributed by atoms with Crippen molar-refractivity contribution in [1.29, 1.82) is 0 Å². The summed E-state index contributed by atoms with van der Waals surface area (Å²) in [5.41, 5.74) is 3.41. The second-order valence-electron chi connectivity index (χ2n) is 6.06. The number of amides is 1. The molecule has 2 aromatic heterocycles. The van der Waals surface area contributed by atoms with E-state index in [0.29, 0.717) is 11.3 Å². The molecule has 0 spiro atoms. The lowest BCUT2D eigenvalue weighted by Gasteiger charge is -2.14. The Bertz CT molecular complexity index is 880. The van der Waals surface area contributed by atoms with E-state index < -0.39 is 0 Å². The minimum absolute atomic E-state index is 0.173. The van der Waals surface area contributed by atoms with Crippen LogP contribution in [0.15, 0.2) is 41.8 Å². The summed E-state index contributed by atoms with van der Waals surface area (Å²) < 4.78 is 15.9. The molecule has 1 atom stereocenters. The molecule has 25 heavy (non-hydrogen) atoms. The molecule has 0 radical (unpaired) electrons. The number of thiazole rings is 1. The number of carbonyl (C=O) groups excluding carboxylic acids is 1. The highest BCUT2D eigenvalue weighted by molar-refractivity contribution is 7.12. The molecule has 0 fully saturated rings. The quantitative estimate of drug-likeness (QED) is 0.747. The molecule has 6 heteroatoms. The Morgan fingerprint density at radius 2 is 1.92 bits per heavy atom. The normalized spacial score (nSPS) is 12.2. The topological polar surface area (TPSA) is 46.9 Å². The number of hydrogen-bond acceptors (Lipinski definition) is 3. The molecule has 1 amide bonds. The molecule has 0 aliphatic rings. The first-order valence-corrected chi connectivity index (χ1v) is 8.97. The van der Waals surface area contributed by atoms with Crippen molar-refractivity contribution in [3.05, 3.63) is 70.2 Å². The average molecular weight is 357 g/mol. The summed E-state index contributed by atoms with van der Waals surface area (Å²) in [6.45, 7) is 5.82. The number of nitrogens with zero attached hydrogens (tertiary/aromatic N) is 2. The van der Waals surface area contributed by atoms with Gasteiger partial charge in [0.15, 0.2) is 5.13 Å². The second-order valence-corrected chi connectivity index (χ2v) is 6.90. The van der Waals surface area contributed by atoms with Gasteiger partial charge in [-0.05, 0) is 39.0 Å². The predicted molar refractivity (Wildman–Crippen MR) is 97.6 cm³/mol. The molecule has 0 saturated heterocycles. The first-order chi connectivity index (χ1) is 12.0. The molecule has 3 aromatic rings.